The largest absolute Gasteiger partial charge is 0.508 e. The lowest BCUT2D eigenvalue weighted by atomic mass is 10.0. The quantitative estimate of drug-likeness (QED) is 0.136. The van der Waals surface area contributed by atoms with Crippen LogP contribution in [-0.2, 0) is 0 Å². The third-order valence-corrected chi connectivity index (χ3v) is 9.74. The Morgan fingerprint density at radius 2 is 0.577 bits per heavy atom. The summed E-state index contributed by atoms with van der Waals surface area (Å²) in [7, 11) is 0. The van der Waals surface area contributed by atoms with E-state index in [2.05, 4.69) is 0 Å². The van der Waals surface area contributed by atoms with Crippen LogP contribution in [0.1, 0.15) is 0 Å². The summed E-state index contributed by atoms with van der Waals surface area (Å²) in [4.78, 5) is 19.9. The molecule has 254 valence electrons. The molecule has 0 saturated carbocycles. The molecule has 0 bridgehead atoms. The molecule has 0 saturated heterocycles. The fraction of sp³-hybridized carbons (Fsp3) is 0. The molecule has 0 radical (unpaired) electrons. The lowest BCUT2D eigenvalue weighted by Crippen LogP contribution is -1.98. The summed E-state index contributed by atoms with van der Waals surface area (Å²) in [6.07, 6.45) is 0. The van der Waals surface area contributed by atoms with Gasteiger partial charge in [-0.3, -0.25) is 0 Å². The van der Waals surface area contributed by atoms with E-state index in [1.807, 2.05) is 36.4 Å². The van der Waals surface area contributed by atoms with E-state index in [1.54, 1.807) is 24.3 Å². The molecule has 4 N–H and O–H groups in total. The van der Waals surface area contributed by atoms with Gasteiger partial charge in [-0.05, 0) is 108 Å². The number of phenols is 4. The zero-order chi connectivity index (χ0) is 36.3. The van der Waals surface area contributed by atoms with Gasteiger partial charge in [0, 0.05) is 22.3 Å². The summed E-state index contributed by atoms with van der Waals surface area (Å²) in [5, 5.41) is 41.2. The van der Waals surface area contributed by atoms with Crippen LogP contribution in [-0.4, -0.2) is 40.4 Å². The van der Waals surface area contributed by atoms with Crippen LogP contribution in [0.2, 0.25) is 20.1 Å². The molecule has 0 aliphatic carbocycles. The number of hydrogen-bond acceptors (Lipinski definition) is 8. The first-order chi connectivity index (χ1) is 25.0. The molecule has 0 atom stereocenters. The van der Waals surface area contributed by atoms with Gasteiger partial charge in [0.1, 0.15) is 23.0 Å². The predicted molar refractivity (Wildman–Crippen MR) is 207 cm³/mol. The van der Waals surface area contributed by atoms with E-state index in [0.29, 0.717) is 67.1 Å². The van der Waals surface area contributed by atoms with E-state index in [0.717, 1.165) is 11.1 Å². The maximum Gasteiger partial charge on any atom is 0.117 e. The molecule has 2 heterocycles. The number of rotatable bonds is 5. The van der Waals surface area contributed by atoms with Crippen LogP contribution in [0.15, 0.2) is 109 Å². The Hall–Kier alpha value is -5.64. The first-order valence-corrected chi connectivity index (χ1v) is 17.1. The van der Waals surface area contributed by atoms with Gasteiger partial charge in [0.2, 0.25) is 0 Å². The van der Waals surface area contributed by atoms with Crippen molar-refractivity contribution in [3.05, 3.63) is 129 Å². The summed E-state index contributed by atoms with van der Waals surface area (Å²) in [5.41, 5.74) is 7.85. The number of aromatic hydroxyl groups is 4. The Kier molecular flexibility index (Phi) is 8.48. The average Bonchev–Trinajstić information content (AvgIpc) is 3.10. The minimum Gasteiger partial charge on any atom is -0.508 e. The van der Waals surface area contributed by atoms with E-state index < -0.39 is 0 Å². The fourth-order valence-corrected chi connectivity index (χ4v) is 7.06. The van der Waals surface area contributed by atoms with Crippen molar-refractivity contribution >= 4 is 68.5 Å². The minimum absolute atomic E-state index is 0.00234. The van der Waals surface area contributed by atoms with E-state index in [9.17, 15) is 20.4 Å². The van der Waals surface area contributed by atoms with Crippen molar-refractivity contribution in [1.82, 2.24) is 19.9 Å². The second-order valence-electron chi connectivity index (χ2n) is 11.9. The van der Waals surface area contributed by atoms with E-state index in [-0.39, 0.29) is 43.1 Å². The van der Waals surface area contributed by atoms with Crippen LogP contribution in [0.3, 0.4) is 0 Å². The zero-order valence-electron chi connectivity index (χ0n) is 26.5. The zero-order valence-corrected chi connectivity index (χ0v) is 29.5. The van der Waals surface area contributed by atoms with Crippen molar-refractivity contribution < 1.29 is 20.4 Å². The van der Waals surface area contributed by atoms with Crippen LogP contribution < -0.4 is 0 Å². The monoisotopic (exact) mass is 762 g/mol. The van der Waals surface area contributed by atoms with Gasteiger partial charge in [0.15, 0.2) is 0 Å². The fourth-order valence-electron chi connectivity index (χ4n) is 6.00. The highest BCUT2D eigenvalue weighted by molar-refractivity contribution is 6.35. The topological polar surface area (TPSA) is 132 Å². The standard InChI is InChI=1S/C40H22Cl4N4O4/c41-29-15-21(49)3-7-25(29)37-39(27-9-5-23(51)17-31(27)43)47-35-13-19(1-11-33(35)45-37)20-2-12-34-36(14-20)48-40(28-10-6-24(52)18-32(28)44)38(46-34)26-8-4-22(50)16-30(26)42/h1-18,49-52H. The molecular formula is C40H22Cl4N4O4. The highest BCUT2D eigenvalue weighted by atomic mass is 35.5. The smallest absolute Gasteiger partial charge is 0.117 e. The molecule has 0 spiro atoms. The summed E-state index contributed by atoms with van der Waals surface area (Å²) in [6.45, 7) is 0. The van der Waals surface area contributed by atoms with Crippen molar-refractivity contribution in [3.63, 3.8) is 0 Å². The molecule has 8 rings (SSSR count). The van der Waals surface area contributed by atoms with Crippen molar-refractivity contribution in [1.29, 1.82) is 0 Å². The van der Waals surface area contributed by atoms with E-state index >= 15 is 0 Å². The Bertz CT molecular complexity index is 2570. The van der Waals surface area contributed by atoms with Crippen molar-refractivity contribution in [2.24, 2.45) is 0 Å². The van der Waals surface area contributed by atoms with Gasteiger partial charge in [-0.1, -0.05) is 58.5 Å². The molecule has 0 unspecified atom stereocenters. The number of phenolic OH excluding ortho intramolecular Hbond substituents is 4. The molecule has 8 nitrogen and oxygen atoms in total. The van der Waals surface area contributed by atoms with Gasteiger partial charge in [-0.2, -0.15) is 0 Å². The van der Waals surface area contributed by atoms with Gasteiger partial charge < -0.3 is 20.4 Å². The maximum atomic E-state index is 10.0. The maximum absolute atomic E-state index is 10.0. The van der Waals surface area contributed by atoms with Crippen LogP contribution in [0, 0.1) is 0 Å². The van der Waals surface area contributed by atoms with E-state index in [1.165, 1.54) is 48.5 Å². The highest BCUT2D eigenvalue weighted by Gasteiger charge is 2.21. The van der Waals surface area contributed by atoms with E-state index in [4.69, 9.17) is 66.3 Å². The van der Waals surface area contributed by atoms with Crippen LogP contribution in [0.5, 0.6) is 23.0 Å². The third-order valence-electron chi connectivity index (χ3n) is 8.49. The van der Waals surface area contributed by atoms with Crippen LogP contribution in [0.4, 0.5) is 0 Å². The van der Waals surface area contributed by atoms with Gasteiger partial charge in [0.25, 0.3) is 0 Å². The summed E-state index contributed by atoms with van der Waals surface area (Å²) in [6, 6.07) is 29.8. The highest BCUT2D eigenvalue weighted by Crippen LogP contribution is 2.42. The normalized spacial score (nSPS) is 11.4. The van der Waals surface area contributed by atoms with Crippen LogP contribution >= 0.6 is 46.4 Å². The Morgan fingerprint density at radius 3 is 0.846 bits per heavy atom. The third kappa shape index (κ3) is 6.16. The SMILES string of the molecule is Oc1ccc(-c2nc3ccc(-c4ccc5nc(-c6ccc(O)cc6Cl)c(-c6ccc(O)cc6Cl)nc5c4)cc3nc2-c2ccc(O)cc2Cl)c(Cl)c1. The van der Waals surface area contributed by atoms with Crippen molar-refractivity contribution in [3.8, 4) is 79.2 Å². The molecule has 0 fully saturated rings. The molecule has 0 aliphatic heterocycles. The number of fused-ring (bicyclic) bond motifs is 2. The number of aromatic nitrogens is 4. The molecule has 52 heavy (non-hydrogen) atoms. The summed E-state index contributed by atoms with van der Waals surface area (Å²) in [5.74, 6) is 0.0234. The lowest BCUT2D eigenvalue weighted by Gasteiger charge is -2.15. The number of halogens is 4. The first-order valence-electron chi connectivity index (χ1n) is 15.6. The molecule has 8 aromatic rings. The summed E-state index contributed by atoms with van der Waals surface area (Å²) < 4.78 is 0. The number of hydrogen-bond donors (Lipinski definition) is 4. The molecule has 2 aromatic heterocycles. The average molecular weight is 764 g/mol. The Balaban J connectivity index is 1.30. The van der Waals surface area contributed by atoms with Gasteiger partial charge >= 0.3 is 0 Å². The van der Waals surface area contributed by atoms with Crippen LogP contribution in [0.25, 0.3) is 78.2 Å². The second kappa shape index (κ2) is 13.2. The predicted octanol–water partition coefficient (Wildman–Crippen LogP) is 11.3. The Labute approximate surface area is 315 Å². The molecule has 0 amide bonds. The Morgan fingerprint density at radius 1 is 0.308 bits per heavy atom. The number of nitrogens with zero attached hydrogens (tertiary/aromatic N) is 4. The minimum atomic E-state index is 0.00234. The molecule has 6 aromatic carbocycles. The molecule has 12 heteroatoms. The summed E-state index contributed by atoms with van der Waals surface area (Å²) >= 11 is 26.4. The lowest BCUT2D eigenvalue weighted by molar-refractivity contribution is 0.475. The van der Waals surface area contributed by atoms with Gasteiger partial charge in [-0.25, -0.2) is 19.9 Å². The molecule has 0 aliphatic rings. The van der Waals surface area contributed by atoms with Crippen molar-refractivity contribution in [2.45, 2.75) is 0 Å². The molecular weight excluding hydrogens is 742 g/mol. The number of benzene rings is 6. The van der Waals surface area contributed by atoms with Gasteiger partial charge in [-0.15, -0.1) is 0 Å². The van der Waals surface area contributed by atoms with Gasteiger partial charge in [0.05, 0.1) is 64.9 Å². The first kappa shape index (κ1) is 33.5. The van der Waals surface area contributed by atoms with Crippen molar-refractivity contribution in [2.75, 3.05) is 0 Å². The second-order valence-corrected chi connectivity index (χ2v) is 13.5.